The van der Waals surface area contributed by atoms with Gasteiger partial charge in [-0.05, 0) is 30.3 Å². The van der Waals surface area contributed by atoms with Gasteiger partial charge in [-0.25, -0.2) is 0 Å². The number of ether oxygens (including phenoxy) is 6. The van der Waals surface area contributed by atoms with Crippen molar-refractivity contribution in [2.75, 3.05) is 71.1 Å². The summed E-state index contributed by atoms with van der Waals surface area (Å²) in [6.07, 6.45) is 0. The molecule has 9 nitrogen and oxygen atoms in total. The predicted molar refractivity (Wildman–Crippen MR) is 116 cm³/mol. The van der Waals surface area contributed by atoms with Crippen LogP contribution in [0.25, 0.3) is 0 Å². The lowest BCUT2D eigenvalue weighted by Crippen LogP contribution is -2.27. The maximum Gasteiger partial charge on any atom is 0.282 e. The molecule has 32 heavy (non-hydrogen) atoms. The Labute approximate surface area is 187 Å². The first-order valence-corrected chi connectivity index (χ1v) is 10.5. The number of fused-ring (bicyclic) bond motifs is 1. The lowest BCUT2D eigenvalue weighted by molar-refractivity contribution is -0.00842. The van der Waals surface area contributed by atoms with E-state index in [0.717, 1.165) is 0 Å². The van der Waals surface area contributed by atoms with E-state index in [-0.39, 0.29) is 12.2 Å². The standard InChI is InChI=1S/C23H29NO8/c25-23(24(26)20-4-2-1-3-5-20)19-6-7-21-22(18-19)32-17-15-30-13-11-28-9-8-27-10-12-29-14-16-31-21/h1-7,18,26H,8-17H2. The molecule has 0 unspecified atom stereocenters. The van der Waals surface area contributed by atoms with Crippen LogP contribution in [0.4, 0.5) is 5.69 Å². The van der Waals surface area contributed by atoms with Crippen molar-refractivity contribution in [1.29, 1.82) is 0 Å². The largest absolute Gasteiger partial charge is 0.487 e. The molecule has 1 heterocycles. The molecule has 2 aromatic carbocycles. The van der Waals surface area contributed by atoms with E-state index in [4.69, 9.17) is 28.4 Å². The van der Waals surface area contributed by atoms with E-state index in [1.807, 2.05) is 0 Å². The molecule has 0 spiro atoms. The first kappa shape index (κ1) is 24.0. The Balaban J connectivity index is 1.66. The number of rotatable bonds is 2. The van der Waals surface area contributed by atoms with Gasteiger partial charge < -0.3 is 28.4 Å². The molecule has 0 aromatic heterocycles. The van der Waals surface area contributed by atoms with Crippen LogP contribution in [0.15, 0.2) is 48.5 Å². The molecular weight excluding hydrogens is 418 g/mol. The normalized spacial score (nSPS) is 17.0. The molecule has 0 atom stereocenters. The summed E-state index contributed by atoms with van der Waals surface area (Å²) in [6, 6.07) is 13.3. The molecule has 174 valence electrons. The van der Waals surface area contributed by atoms with E-state index < -0.39 is 5.91 Å². The van der Waals surface area contributed by atoms with Crippen LogP contribution in [0.3, 0.4) is 0 Å². The van der Waals surface area contributed by atoms with E-state index in [0.29, 0.717) is 81.7 Å². The van der Waals surface area contributed by atoms with Crippen molar-refractivity contribution in [3.63, 3.8) is 0 Å². The van der Waals surface area contributed by atoms with Gasteiger partial charge in [-0.3, -0.25) is 10.0 Å². The molecule has 1 N–H and O–H groups in total. The van der Waals surface area contributed by atoms with Gasteiger partial charge >= 0.3 is 0 Å². The van der Waals surface area contributed by atoms with Gasteiger partial charge in [-0.2, -0.15) is 5.06 Å². The zero-order chi connectivity index (χ0) is 22.4. The lowest BCUT2D eigenvalue weighted by atomic mass is 10.1. The minimum Gasteiger partial charge on any atom is -0.487 e. The minimum absolute atomic E-state index is 0.253. The van der Waals surface area contributed by atoms with Crippen molar-refractivity contribution in [3.05, 3.63) is 54.1 Å². The fourth-order valence-corrected chi connectivity index (χ4v) is 2.86. The number of amides is 1. The summed E-state index contributed by atoms with van der Waals surface area (Å²) >= 11 is 0. The number of hydrogen-bond acceptors (Lipinski definition) is 8. The van der Waals surface area contributed by atoms with Crippen LogP contribution < -0.4 is 14.5 Å². The zero-order valence-electron chi connectivity index (χ0n) is 17.9. The molecule has 0 saturated heterocycles. The number of benzene rings is 2. The van der Waals surface area contributed by atoms with Gasteiger partial charge in [0, 0.05) is 5.56 Å². The number of nitrogens with zero attached hydrogens (tertiary/aromatic N) is 1. The van der Waals surface area contributed by atoms with Gasteiger partial charge in [-0.15, -0.1) is 0 Å². The van der Waals surface area contributed by atoms with Crippen molar-refractivity contribution >= 4 is 11.6 Å². The maximum atomic E-state index is 12.7. The van der Waals surface area contributed by atoms with Gasteiger partial charge in [0.2, 0.25) is 0 Å². The van der Waals surface area contributed by atoms with E-state index in [9.17, 15) is 10.0 Å². The monoisotopic (exact) mass is 447 g/mol. The molecule has 9 heteroatoms. The summed E-state index contributed by atoms with van der Waals surface area (Å²) < 4.78 is 33.4. The highest BCUT2D eigenvalue weighted by atomic mass is 16.6. The highest BCUT2D eigenvalue weighted by molar-refractivity contribution is 6.04. The molecular formula is C23H29NO8. The van der Waals surface area contributed by atoms with Crippen molar-refractivity contribution < 1.29 is 38.4 Å². The first-order chi connectivity index (χ1) is 15.8. The van der Waals surface area contributed by atoms with E-state index in [1.54, 1.807) is 48.5 Å². The third kappa shape index (κ3) is 7.77. The summed E-state index contributed by atoms with van der Waals surface area (Å²) in [4.78, 5) is 12.7. The Bertz CT molecular complexity index is 817. The van der Waals surface area contributed by atoms with Crippen LogP contribution in [-0.4, -0.2) is 77.2 Å². The second kappa shape index (κ2) is 13.7. The first-order valence-electron chi connectivity index (χ1n) is 10.5. The number of hydroxylamine groups is 1. The molecule has 0 fully saturated rings. The molecule has 1 aliphatic heterocycles. The van der Waals surface area contributed by atoms with Crippen LogP contribution >= 0.6 is 0 Å². The van der Waals surface area contributed by atoms with Gasteiger partial charge in [-0.1, -0.05) is 18.2 Å². The molecule has 0 saturated carbocycles. The van der Waals surface area contributed by atoms with Gasteiger partial charge in [0.1, 0.15) is 13.2 Å². The van der Waals surface area contributed by atoms with Crippen molar-refractivity contribution in [3.8, 4) is 11.5 Å². The van der Waals surface area contributed by atoms with Crippen molar-refractivity contribution in [2.45, 2.75) is 0 Å². The number of hydrogen-bond donors (Lipinski definition) is 1. The van der Waals surface area contributed by atoms with E-state index in [2.05, 4.69) is 0 Å². The lowest BCUT2D eigenvalue weighted by Gasteiger charge is -2.17. The average Bonchev–Trinajstić information content (AvgIpc) is 2.83. The Morgan fingerprint density at radius 3 is 1.72 bits per heavy atom. The highest BCUT2D eigenvalue weighted by Crippen LogP contribution is 2.29. The van der Waals surface area contributed by atoms with Crippen LogP contribution in [-0.2, 0) is 18.9 Å². The molecule has 2 aromatic rings. The second-order valence-electron chi connectivity index (χ2n) is 6.76. The maximum absolute atomic E-state index is 12.7. The van der Waals surface area contributed by atoms with Crippen molar-refractivity contribution in [1.82, 2.24) is 0 Å². The van der Waals surface area contributed by atoms with Crippen LogP contribution in [0.2, 0.25) is 0 Å². The molecule has 0 bridgehead atoms. The van der Waals surface area contributed by atoms with Gasteiger partial charge in [0.15, 0.2) is 11.5 Å². The Morgan fingerprint density at radius 1 is 0.656 bits per heavy atom. The fourth-order valence-electron chi connectivity index (χ4n) is 2.86. The molecule has 3 rings (SSSR count). The molecule has 1 amide bonds. The quantitative estimate of drug-likeness (QED) is 0.554. The SMILES string of the molecule is O=C(c1ccc2c(c1)OCCOCCOCCOCCOCCO2)N(O)c1ccccc1. The summed E-state index contributed by atoms with van der Waals surface area (Å²) in [5, 5.41) is 10.9. The van der Waals surface area contributed by atoms with Crippen LogP contribution in [0.1, 0.15) is 10.4 Å². The van der Waals surface area contributed by atoms with E-state index in [1.165, 1.54) is 0 Å². The van der Waals surface area contributed by atoms with Gasteiger partial charge in [0.05, 0.1) is 58.5 Å². The fraction of sp³-hybridized carbons (Fsp3) is 0.435. The summed E-state index contributed by atoms with van der Waals surface area (Å²) in [6.45, 7) is 4.12. The molecule has 0 radical (unpaired) electrons. The smallest absolute Gasteiger partial charge is 0.282 e. The summed E-state index contributed by atoms with van der Waals surface area (Å²) in [5.41, 5.74) is 0.619. The topological polar surface area (TPSA) is 95.9 Å². The van der Waals surface area contributed by atoms with Gasteiger partial charge in [0.25, 0.3) is 5.91 Å². The Kier molecular flexibility index (Phi) is 10.2. The average molecular weight is 447 g/mol. The Morgan fingerprint density at radius 2 is 1.16 bits per heavy atom. The minimum atomic E-state index is -0.584. The van der Waals surface area contributed by atoms with Crippen LogP contribution in [0, 0.1) is 0 Å². The second-order valence-corrected chi connectivity index (χ2v) is 6.76. The summed E-state index contributed by atoms with van der Waals surface area (Å²) in [7, 11) is 0. The van der Waals surface area contributed by atoms with Crippen LogP contribution in [0.5, 0.6) is 11.5 Å². The third-order valence-electron chi connectivity index (χ3n) is 4.47. The number of para-hydroxylation sites is 1. The third-order valence-corrected chi connectivity index (χ3v) is 4.47. The zero-order valence-corrected chi connectivity index (χ0v) is 17.9. The molecule has 0 aliphatic carbocycles. The number of carbonyl (C=O) groups excluding carboxylic acids is 1. The highest BCUT2D eigenvalue weighted by Gasteiger charge is 2.18. The molecule has 1 aliphatic rings. The van der Waals surface area contributed by atoms with Crippen molar-refractivity contribution in [2.24, 2.45) is 0 Å². The van der Waals surface area contributed by atoms with E-state index >= 15 is 0 Å². The number of carbonyl (C=O) groups is 1. The predicted octanol–water partition coefficient (Wildman–Crippen LogP) is 2.56. The Hall–Kier alpha value is -2.69. The summed E-state index contributed by atoms with van der Waals surface area (Å²) in [5.74, 6) is 0.260. The number of anilines is 1.